The third-order valence-electron chi connectivity index (χ3n) is 14.4. The van der Waals surface area contributed by atoms with E-state index in [1.165, 1.54) is 29.4 Å². The highest BCUT2D eigenvalue weighted by Gasteiger charge is 2.38. The summed E-state index contributed by atoms with van der Waals surface area (Å²) in [6.07, 6.45) is 5.18. The van der Waals surface area contributed by atoms with Crippen LogP contribution in [-0.4, -0.2) is 116 Å². The lowest BCUT2D eigenvalue weighted by Gasteiger charge is -2.46. The molecule has 0 radical (unpaired) electrons. The first-order valence-electron chi connectivity index (χ1n) is 23.0. The molecule has 1 unspecified atom stereocenters. The zero-order chi connectivity index (χ0) is 44.8. The fourth-order valence-corrected chi connectivity index (χ4v) is 10.5. The van der Waals surface area contributed by atoms with Gasteiger partial charge in [-0.25, -0.2) is 19.3 Å². The van der Waals surface area contributed by atoms with Gasteiger partial charge in [0, 0.05) is 93.5 Å². The Morgan fingerprint density at radius 3 is 2.31 bits per heavy atom. The Bertz CT molecular complexity index is 2660. The zero-order valence-electron chi connectivity index (χ0n) is 36.6. The molecule has 3 N–H and O–H groups in total. The fraction of sp³-hybridized carbons (Fsp3) is 0.458. The number of hydrogen-bond donors (Lipinski definition) is 3. The SMILES string of the molecule is CC[C@@]1(O)CCc2ccc(-n3c4nc(Nc5ccc(N6CCN(C7CCN(CC8CN(c9ccc(C%10CCC(=O)NC%10=O)cc9)C8)CC7)CC6)cc5)ncc4c(=O)n3CC=C(F)F)nc21. The van der Waals surface area contributed by atoms with Gasteiger partial charge in [0.15, 0.2) is 11.5 Å². The van der Waals surface area contributed by atoms with Crippen LogP contribution in [0.3, 0.4) is 0 Å². The van der Waals surface area contributed by atoms with E-state index in [4.69, 9.17) is 9.97 Å². The number of nitrogens with one attached hydrogen (secondary N) is 2. The van der Waals surface area contributed by atoms with Crippen molar-refractivity contribution in [3.05, 3.63) is 106 Å². The first kappa shape index (κ1) is 42.9. The highest BCUT2D eigenvalue weighted by Crippen LogP contribution is 2.39. The van der Waals surface area contributed by atoms with Crippen molar-refractivity contribution in [2.75, 3.05) is 74.0 Å². The summed E-state index contributed by atoms with van der Waals surface area (Å²) < 4.78 is 29.2. The molecule has 3 aromatic heterocycles. The smallest absolute Gasteiger partial charge is 0.278 e. The van der Waals surface area contributed by atoms with Gasteiger partial charge in [-0.15, -0.1) is 0 Å². The number of likely N-dealkylation sites (tertiary alicyclic amines) is 1. The predicted molar refractivity (Wildman–Crippen MR) is 244 cm³/mol. The van der Waals surface area contributed by atoms with E-state index in [1.54, 1.807) is 6.07 Å². The third-order valence-corrected chi connectivity index (χ3v) is 14.4. The van der Waals surface area contributed by atoms with Crippen molar-refractivity contribution in [3.8, 4) is 5.82 Å². The average molecular weight is 888 g/mol. The summed E-state index contributed by atoms with van der Waals surface area (Å²) in [5.41, 5.74) is 4.09. The lowest BCUT2D eigenvalue weighted by Crippen LogP contribution is -2.55. The van der Waals surface area contributed by atoms with Gasteiger partial charge >= 0.3 is 0 Å². The molecule has 5 aliphatic rings. The minimum atomic E-state index is -1.91. The van der Waals surface area contributed by atoms with Crippen LogP contribution < -0.4 is 26.0 Å². The number of amides is 2. The molecule has 17 heteroatoms. The predicted octanol–water partition coefficient (Wildman–Crippen LogP) is 5.29. The van der Waals surface area contributed by atoms with Gasteiger partial charge < -0.3 is 25.1 Å². The molecule has 2 atom stereocenters. The number of fused-ring (bicyclic) bond motifs is 2. The number of piperazine rings is 1. The Kier molecular flexibility index (Phi) is 11.7. The standard InChI is InChI=1S/C48H55F2N11O4/c1-2-48(65)19-15-33-5-13-41(53-43(33)48)61-44-39(46(64)60(61)22-18-40(49)50)27-51-47(55-44)52-34-6-10-35(11-7-34)57-23-25-58(26-24-57)37-16-20-56(21-17-37)28-31-29-59(30-31)36-8-3-32(4-9-36)38-12-14-42(62)54-45(38)63/h3-11,13,18,27,31,37-38,65H,2,12,14-17,19-26,28-30H2,1H3,(H,51,52,55)(H,54,62,63)/t38?,48-/m1/s1. The second kappa shape index (κ2) is 17.7. The summed E-state index contributed by atoms with van der Waals surface area (Å²) in [6.45, 7) is 10.9. The first-order valence-corrected chi connectivity index (χ1v) is 23.0. The highest BCUT2D eigenvalue weighted by molar-refractivity contribution is 6.01. The summed E-state index contributed by atoms with van der Waals surface area (Å²) in [5.74, 6) is 0.561. The summed E-state index contributed by atoms with van der Waals surface area (Å²) >= 11 is 0. The molecule has 15 nitrogen and oxygen atoms in total. The van der Waals surface area contributed by atoms with Crippen LogP contribution in [0.2, 0.25) is 0 Å². The Balaban J connectivity index is 0.712. The van der Waals surface area contributed by atoms with Gasteiger partial charge in [-0.3, -0.25) is 24.6 Å². The van der Waals surface area contributed by atoms with Gasteiger partial charge in [0.05, 0.1) is 18.2 Å². The Morgan fingerprint density at radius 2 is 1.60 bits per heavy atom. The van der Waals surface area contributed by atoms with Gasteiger partial charge in [0.2, 0.25) is 17.8 Å². The van der Waals surface area contributed by atoms with Crippen LogP contribution in [0.5, 0.6) is 0 Å². The van der Waals surface area contributed by atoms with Crippen LogP contribution in [-0.2, 0) is 28.2 Å². The van der Waals surface area contributed by atoms with Gasteiger partial charge in [0.1, 0.15) is 11.0 Å². The number of hydrogen-bond acceptors (Lipinski definition) is 12. The molecule has 2 amide bonds. The van der Waals surface area contributed by atoms with Crippen molar-refractivity contribution in [1.29, 1.82) is 0 Å². The van der Waals surface area contributed by atoms with Gasteiger partial charge in [0.25, 0.3) is 11.6 Å². The van der Waals surface area contributed by atoms with Crippen LogP contribution in [0.25, 0.3) is 16.9 Å². The largest absolute Gasteiger partial charge is 0.384 e. The maximum absolute atomic E-state index is 13.5. The summed E-state index contributed by atoms with van der Waals surface area (Å²) in [4.78, 5) is 61.4. The van der Waals surface area contributed by atoms with E-state index in [0.717, 1.165) is 86.1 Å². The second-order valence-corrected chi connectivity index (χ2v) is 18.3. The van der Waals surface area contributed by atoms with Crippen molar-refractivity contribution in [2.24, 2.45) is 5.92 Å². The lowest BCUT2D eigenvalue weighted by atomic mass is 9.90. The zero-order valence-corrected chi connectivity index (χ0v) is 36.6. The van der Waals surface area contributed by atoms with Crippen molar-refractivity contribution in [3.63, 3.8) is 0 Å². The monoisotopic (exact) mass is 887 g/mol. The van der Waals surface area contributed by atoms with E-state index < -0.39 is 23.8 Å². The molecule has 7 heterocycles. The number of carbonyl (C=O) groups is 2. The molecule has 5 aromatic rings. The van der Waals surface area contributed by atoms with E-state index in [2.05, 4.69) is 59.5 Å². The molecule has 65 heavy (non-hydrogen) atoms. The Morgan fingerprint density at radius 1 is 0.877 bits per heavy atom. The van der Waals surface area contributed by atoms with E-state index in [9.17, 15) is 28.3 Å². The van der Waals surface area contributed by atoms with Gasteiger partial charge in [-0.2, -0.15) is 13.8 Å². The molecule has 10 rings (SSSR count). The van der Waals surface area contributed by atoms with E-state index >= 15 is 0 Å². The molecule has 4 aliphatic heterocycles. The number of nitrogens with zero attached hydrogens (tertiary/aromatic N) is 9. The molecule has 1 aliphatic carbocycles. The highest BCUT2D eigenvalue weighted by atomic mass is 19.3. The van der Waals surface area contributed by atoms with Crippen molar-refractivity contribution >= 4 is 45.9 Å². The van der Waals surface area contributed by atoms with Crippen LogP contribution in [0, 0.1) is 5.92 Å². The van der Waals surface area contributed by atoms with Gasteiger partial charge in [-0.05, 0) is 105 Å². The molecule has 0 bridgehead atoms. The number of pyridine rings is 1. The quantitative estimate of drug-likeness (QED) is 0.140. The molecule has 340 valence electrons. The van der Waals surface area contributed by atoms with Gasteiger partial charge in [-0.1, -0.05) is 25.1 Å². The van der Waals surface area contributed by atoms with E-state index in [-0.39, 0.29) is 34.7 Å². The van der Waals surface area contributed by atoms with Crippen LogP contribution in [0.4, 0.5) is 31.8 Å². The van der Waals surface area contributed by atoms with Crippen molar-refractivity contribution in [2.45, 2.75) is 76.0 Å². The summed E-state index contributed by atoms with van der Waals surface area (Å²) in [6, 6.07) is 20.6. The van der Waals surface area contributed by atoms with Crippen LogP contribution in [0.1, 0.15) is 68.2 Å². The molecule has 4 saturated heterocycles. The third kappa shape index (κ3) is 8.64. The van der Waals surface area contributed by atoms with Crippen LogP contribution in [0.15, 0.2) is 83.8 Å². The minimum Gasteiger partial charge on any atom is -0.384 e. The minimum absolute atomic E-state index is 0.159. The Hall–Kier alpha value is -6.04. The van der Waals surface area contributed by atoms with Crippen molar-refractivity contribution in [1.82, 2.24) is 39.4 Å². The fourth-order valence-electron chi connectivity index (χ4n) is 10.5. The van der Waals surface area contributed by atoms with Crippen molar-refractivity contribution < 1.29 is 23.5 Å². The second-order valence-electron chi connectivity index (χ2n) is 18.3. The number of allylic oxidation sites excluding steroid dienone is 1. The topological polar surface area (TPSA) is 157 Å². The number of anilines is 4. The lowest BCUT2D eigenvalue weighted by molar-refractivity contribution is -0.134. The molecule has 0 spiro atoms. The number of halogens is 2. The number of aliphatic hydroxyl groups is 1. The number of imide groups is 1. The first-order chi connectivity index (χ1) is 31.5. The molecular formula is C48H55F2N11O4. The normalized spacial score (nSPS) is 22.2. The number of piperidine rings is 2. The maximum Gasteiger partial charge on any atom is 0.278 e. The number of rotatable bonds is 12. The molecule has 0 saturated carbocycles. The van der Waals surface area contributed by atoms with E-state index in [0.29, 0.717) is 61.7 Å². The molecule has 2 aromatic carbocycles. The number of benzene rings is 2. The van der Waals surface area contributed by atoms with Crippen LogP contribution >= 0.6 is 0 Å². The Labute approximate surface area is 375 Å². The molecular weight excluding hydrogens is 833 g/mol. The summed E-state index contributed by atoms with van der Waals surface area (Å²) in [7, 11) is 0. The maximum atomic E-state index is 13.5. The summed E-state index contributed by atoms with van der Waals surface area (Å²) in [5, 5.41) is 17.1. The molecule has 4 fully saturated rings. The average Bonchev–Trinajstić information content (AvgIpc) is 3.79. The number of aromatic nitrogens is 5. The number of carbonyl (C=O) groups excluding carboxylic acids is 2. The number of aryl methyl sites for hydroxylation is 1. The van der Waals surface area contributed by atoms with E-state index in [1.807, 2.05) is 37.3 Å².